The Kier molecular flexibility index (Phi) is 2.96. The highest BCUT2D eigenvalue weighted by Crippen LogP contribution is 2.53. The molecule has 3 rings (SSSR count). The van der Waals surface area contributed by atoms with Crippen LogP contribution in [0.3, 0.4) is 0 Å². The molecule has 0 amide bonds. The van der Waals surface area contributed by atoms with Gasteiger partial charge in [0.1, 0.15) is 0 Å². The molecule has 2 saturated carbocycles. The highest BCUT2D eigenvalue weighted by atomic mass is 15.3. The first-order valence-electron chi connectivity index (χ1n) is 7.31. The third-order valence-corrected chi connectivity index (χ3v) is 5.89. The third kappa shape index (κ3) is 1.74. The number of rotatable bonds is 2. The van der Waals surface area contributed by atoms with Gasteiger partial charge in [-0.3, -0.25) is 4.90 Å². The summed E-state index contributed by atoms with van der Waals surface area (Å²) < 4.78 is 0. The molecule has 0 aromatic rings. The molecule has 17 heavy (non-hydrogen) atoms. The number of hydrogen-bond acceptors (Lipinski definition) is 3. The van der Waals surface area contributed by atoms with Crippen LogP contribution in [-0.2, 0) is 0 Å². The minimum atomic E-state index is 0.373. The molecule has 3 nitrogen and oxygen atoms in total. The summed E-state index contributed by atoms with van der Waals surface area (Å²) in [5, 5.41) is 0. The topological polar surface area (TPSA) is 32.5 Å². The molecular weight excluding hydrogens is 210 g/mol. The van der Waals surface area contributed by atoms with Crippen molar-refractivity contribution in [1.29, 1.82) is 0 Å². The van der Waals surface area contributed by atoms with Crippen LogP contribution >= 0.6 is 0 Å². The fourth-order valence-electron chi connectivity index (χ4n) is 4.63. The molecule has 0 aromatic carbocycles. The van der Waals surface area contributed by atoms with Gasteiger partial charge in [0.2, 0.25) is 0 Å². The molecule has 2 N–H and O–H groups in total. The van der Waals surface area contributed by atoms with Crippen molar-refractivity contribution in [3.05, 3.63) is 0 Å². The molecule has 2 bridgehead atoms. The number of nitrogens with two attached hydrogens (primary N) is 1. The van der Waals surface area contributed by atoms with Crippen molar-refractivity contribution in [2.75, 3.05) is 33.2 Å². The largest absolute Gasteiger partial charge is 0.329 e. The van der Waals surface area contributed by atoms with E-state index >= 15 is 0 Å². The zero-order valence-corrected chi connectivity index (χ0v) is 11.4. The molecule has 0 radical (unpaired) electrons. The van der Waals surface area contributed by atoms with E-state index in [4.69, 9.17) is 5.73 Å². The molecule has 2 aliphatic carbocycles. The lowest BCUT2D eigenvalue weighted by molar-refractivity contribution is -0.0126. The standard InChI is InChI=1S/C14H27N3/c1-11-9-17(6-5-16(11)2)14(10-15)8-12-3-4-13(14)7-12/h11-13H,3-10,15H2,1-2H3. The molecule has 0 spiro atoms. The molecule has 3 heteroatoms. The molecule has 98 valence electrons. The lowest BCUT2D eigenvalue weighted by Gasteiger charge is -2.51. The zero-order valence-electron chi connectivity index (χ0n) is 11.4. The van der Waals surface area contributed by atoms with Crippen LogP contribution in [0.2, 0.25) is 0 Å². The molecule has 0 aromatic heterocycles. The van der Waals surface area contributed by atoms with Gasteiger partial charge in [0.05, 0.1) is 0 Å². The van der Waals surface area contributed by atoms with E-state index in [1.807, 2.05) is 0 Å². The fraction of sp³-hybridized carbons (Fsp3) is 1.00. The van der Waals surface area contributed by atoms with Gasteiger partial charge in [0.25, 0.3) is 0 Å². The molecule has 1 heterocycles. The summed E-state index contributed by atoms with van der Waals surface area (Å²) in [6.07, 6.45) is 5.74. The quantitative estimate of drug-likeness (QED) is 0.782. The van der Waals surface area contributed by atoms with Crippen LogP contribution in [0.5, 0.6) is 0 Å². The van der Waals surface area contributed by atoms with Crippen molar-refractivity contribution in [2.24, 2.45) is 17.6 Å². The highest BCUT2D eigenvalue weighted by Gasteiger charge is 2.53. The Morgan fingerprint density at radius 1 is 1.29 bits per heavy atom. The first-order valence-corrected chi connectivity index (χ1v) is 7.31. The van der Waals surface area contributed by atoms with Gasteiger partial charge in [-0.05, 0) is 45.1 Å². The number of fused-ring (bicyclic) bond motifs is 2. The smallest absolute Gasteiger partial charge is 0.0363 e. The van der Waals surface area contributed by atoms with Gasteiger partial charge in [-0.2, -0.15) is 0 Å². The van der Waals surface area contributed by atoms with Gasteiger partial charge < -0.3 is 10.6 Å². The van der Waals surface area contributed by atoms with Crippen LogP contribution < -0.4 is 5.73 Å². The van der Waals surface area contributed by atoms with Crippen LogP contribution in [0.15, 0.2) is 0 Å². The maximum Gasteiger partial charge on any atom is 0.0363 e. The second-order valence-electron chi connectivity index (χ2n) is 6.66. The van der Waals surface area contributed by atoms with E-state index in [9.17, 15) is 0 Å². The first kappa shape index (κ1) is 11.9. The van der Waals surface area contributed by atoms with Crippen LogP contribution in [0.1, 0.15) is 32.6 Å². The molecule has 1 saturated heterocycles. The van der Waals surface area contributed by atoms with Gasteiger partial charge in [0.15, 0.2) is 0 Å². The number of likely N-dealkylation sites (N-methyl/N-ethyl adjacent to an activating group) is 1. The number of piperazine rings is 1. The Bertz CT molecular complexity index is 293. The Balaban J connectivity index is 1.77. The summed E-state index contributed by atoms with van der Waals surface area (Å²) in [5.74, 6) is 1.88. The van der Waals surface area contributed by atoms with Crippen LogP contribution in [-0.4, -0.2) is 54.6 Å². The molecule has 1 aliphatic heterocycles. The van der Waals surface area contributed by atoms with Gasteiger partial charge in [0, 0.05) is 37.8 Å². The molecule has 4 atom stereocenters. The van der Waals surface area contributed by atoms with Gasteiger partial charge in [-0.1, -0.05) is 6.42 Å². The van der Waals surface area contributed by atoms with Crippen LogP contribution in [0, 0.1) is 11.8 Å². The van der Waals surface area contributed by atoms with E-state index < -0.39 is 0 Å². The predicted octanol–water partition coefficient (Wildman–Crippen LogP) is 1.14. The average Bonchev–Trinajstić information content (AvgIpc) is 2.93. The van der Waals surface area contributed by atoms with Gasteiger partial charge in [-0.15, -0.1) is 0 Å². The summed E-state index contributed by atoms with van der Waals surface area (Å²) in [4.78, 5) is 5.23. The third-order valence-electron chi connectivity index (χ3n) is 5.89. The lowest BCUT2D eigenvalue weighted by atomic mass is 9.78. The Morgan fingerprint density at radius 3 is 2.65 bits per heavy atom. The van der Waals surface area contributed by atoms with Crippen molar-refractivity contribution >= 4 is 0 Å². The van der Waals surface area contributed by atoms with E-state index in [0.29, 0.717) is 11.6 Å². The lowest BCUT2D eigenvalue weighted by Crippen LogP contribution is -2.64. The van der Waals surface area contributed by atoms with Crippen LogP contribution in [0.25, 0.3) is 0 Å². The van der Waals surface area contributed by atoms with E-state index in [1.165, 1.54) is 45.3 Å². The predicted molar refractivity (Wildman–Crippen MR) is 70.9 cm³/mol. The fourth-order valence-corrected chi connectivity index (χ4v) is 4.63. The van der Waals surface area contributed by atoms with Crippen LogP contribution in [0.4, 0.5) is 0 Å². The Labute approximate surface area is 105 Å². The average molecular weight is 237 g/mol. The molecule has 3 fully saturated rings. The van der Waals surface area contributed by atoms with Gasteiger partial charge in [-0.25, -0.2) is 0 Å². The highest BCUT2D eigenvalue weighted by molar-refractivity contribution is 5.09. The maximum atomic E-state index is 6.21. The Hall–Kier alpha value is -0.120. The van der Waals surface area contributed by atoms with E-state index in [2.05, 4.69) is 23.8 Å². The number of nitrogens with zero attached hydrogens (tertiary/aromatic N) is 2. The molecule has 4 unspecified atom stereocenters. The monoisotopic (exact) mass is 237 g/mol. The second-order valence-corrected chi connectivity index (χ2v) is 6.66. The SMILES string of the molecule is CC1CN(C2(CN)CC3CCC2C3)CCN1C. The minimum Gasteiger partial charge on any atom is -0.329 e. The first-order chi connectivity index (χ1) is 8.15. The summed E-state index contributed by atoms with van der Waals surface area (Å²) in [6, 6.07) is 0.686. The van der Waals surface area contributed by atoms with Crippen molar-refractivity contribution in [3.63, 3.8) is 0 Å². The summed E-state index contributed by atoms with van der Waals surface area (Å²) >= 11 is 0. The van der Waals surface area contributed by atoms with Crippen molar-refractivity contribution < 1.29 is 0 Å². The normalized spacial score (nSPS) is 47.8. The van der Waals surface area contributed by atoms with Crippen molar-refractivity contribution in [3.8, 4) is 0 Å². The number of hydrogen-bond donors (Lipinski definition) is 1. The molecule has 3 aliphatic rings. The summed E-state index contributed by atoms with van der Waals surface area (Å²) in [6.45, 7) is 6.88. The zero-order chi connectivity index (χ0) is 12.0. The van der Waals surface area contributed by atoms with Crippen molar-refractivity contribution in [2.45, 2.75) is 44.2 Å². The minimum absolute atomic E-state index is 0.373. The van der Waals surface area contributed by atoms with Crippen molar-refractivity contribution in [1.82, 2.24) is 9.80 Å². The summed E-state index contributed by atoms with van der Waals surface area (Å²) in [7, 11) is 2.25. The Morgan fingerprint density at radius 2 is 2.12 bits per heavy atom. The van der Waals surface area contributed by atoms with E-state index in [-0.39, 0.29) is 0 Å². The maximum absolute atomic E-state index is 6.21. The second kappa shape index (κ2) is 4.22. The van der Waals surface area contributed by atoms with Gasteiger partial charge >= 0.3 is 0 Å². The molecular formula is C14H27N3. The summed E-state index contributed by atoms with van der Waals surface area (Å²) in [5.41, 5.74) is 6.58. The van der Waals surface area contributed by atoms with E-state index in [1.54, 1.807) is 0 Å². The van der Waals surface area contributed by atoms with E-state index in [0.717, 1.165) is 18.4 Å².